The number of benzene rings is 3. The lowest BCUT2D eigenvalue weighted by Crippen LogP contribution is -2.27. The fraction of sp³-hybridized carbons (Fsp3) is 0.0800. The first-order valence-corrected chi connectivity index (χ1v) is 11.8. The minimum absolute atomic E-state index is 0.152. The summed E-state index contributed by atoms with van der Waals surface area (Å²) in [5.74, 6) is -1.10. The molecule has 1 aliphatic rings. The normalized spacial score (nSPS) is 14.5. The highest BCUT2D eigenvalue weighted by Gasteiger charge is 2.35. The van der Waals surface area contributed by atoms with Crippen molar-refractivity contribution in [3.8, 4) is 5.75 Å². The lowest BCUT2D eigenvalue weighted by molar-refractivity contribution is -0.123. The number of amides is 3. The average molecular weight is 531 g/mol. The third kappa shape index (κ3) is 6.22. The smallest absolute Gasteiger partial charge is 0.293 e. The molecule has 0 saturated carbocycles. The van der Waals surface area contributed by atoms with Gasteiger partial charge >= 0.3 is 0 Å². The van der Waals surface area contributed by atoms with Gasteiger partial charge in [-0.15, -0.1) is 0 Å². The fourth-order valence-corrected chi connectivity index (χ4v) is 4.39. The summed E-state index contributed by atoms with van der Waals surface area (Å²) in [6.07, 6.45) is 1.52. The van der Waals surface area contributed by atoms with Crippen molar-refractivity contribution in [1.82, 2.24) is 4.90 Å². The number of carbonyl (C=O) groups excluding carboxylic acids is 3. The van der Waals surface area contributed by atoms with Gasteiger partial charge < -0.3 is 10.1 Å². The lowest BCUT2D eigenvalue weighted by Gasteiger charge is -2.12. The summed E-state index contributed by atoms with van der Waals surface area (Å²) in [7, 11) is 0. The van der Waals surface area contributed by atoms with Gasteiger partial charge in [0.05, 0.1) is 16.5 Å². The summed E-state index contributed by atoms with van der Waals surface area (Å²) < 4.78 is 19.4. The van der Waals surface area contributed by atoms with Gasteiger partial charge in [-0.2, -0.15) is 0 Å². The zero-order valence-electron chi connectivity index (χ0n) is 18.0. The number of hydrogen-bond donors (Lipinski definition) is 1. The maximum atomic E-state index is 13.9. The Morgan fingerprint density at radius 3 is 2.51 bits per heavy atom. The standard InChI is InChI=1S/C25H17Cl2FN2O4S/c26-17-6-8-18(9-7-17)29-23(31)14-34-21-10-5-15(11-19(21)27)12-22-24(32)30(25(33)35-22)13-16-3-1-2-4-20(16)28/h1-12H,13-14H2,(H,29,31)/b22-12-. The Morgan fingerprint density at radius 1 is 1.06 bits per heavy atom. The molecular weight excluding hydrogens is 514 g/mol. The summed E-state index contributed by atoms with van der Waals surface area (Å²) in [5, 5.41) is 2.97. The fourth-order valence-electron chi connectivity index (χ4n) is 3.18. The van der Waals surface area contributed by atoms with Crippen molar-refractivity contribution >= 4 is 63.8 Å². The number of imide groups is 1. The van der Waals surface area contributed by atoms with E-state index in [-0.39, 0.29) is 40.3 Å². The molecule has 10 heteroatoms. The molecule has 3 aromatic carbocycles. The summed E-state index contributed by atoms with van der Waals surface area (Å²) in [4.78, 5) is 38.3. The minimum Gasteiger partial charge on any atom is -0.482 e. The van der Waals surface area contributed by atoms with E-state index in [0.717, 1.165) is 16.7 Å². The Morgan fingerprint density at radius 2 is 1.80 bits per heavy atom. The van der Waals surface area contributed by atoms with Crippen LogP contribution in [0.3, 0.4) is 0 Å². The molecule has 0 atom stereocenters. The zero-order valence-corrected chi connectivity index (χ0v) is 20.3. The summed E-state index contributed by atoms with van der Waals surface area (Å²) in [6, 6.07) is 17.4. The number of halogens is 3. The van der Waals surface area contributed by atoms with Gasteiger partial charge in [-0.3, -0.25) is 19.3 Å². The average Bonchev–Trinajstić information content (AvgIpc) is 3.08. The van der Waals surface area contributed by atoms with E-state index in [4.69, 9.17) is 27.9 Å². The molecule has 1 fully saturated rings. The summed E-state index contributed by atoms with van der Waals surface area (Å²) in [6.45, 7) is -0.420. The van der Waals surface area contributed by atoms with Crippen LogP contribution in [0.4, 0.5) is 14.9 Å². The first-order chi connectivity index (χ1) is 16.8. The van der Waals surface area contributed by atoms with Crippen molar-refractivity contribution in [1.29, 1.82) is 0 Å². The van der Waals surface area contributed by atoms with Gasteiger partial charge in [0.15, 0.2) is 6.61 Å². The highest BCUT2D eigenvalue weighted by atomic mass is 35.5. The molecule has 6 nitrogen and oxygen atoms in total. The van der Waals surface area contributed by atoms with Gasteiger partial charge in [0, 0.05) is 16.3 Å². The van der Waals surface area contributed by atoms with E-state index in [2.05, 4.69) is 5.32 Å². The molecule has 0 bridgehead atoms. The number of nitrogens with zero attached hydrogens (tertiary/aromatic N) is 1. The molecule has 0 spiro atoms. The van der Waals surface area contributed by atoms with Crippen molar-refractivity contribution in [2.24, 2.45) is 0 Å². The molecule has 1 saturated heterocycles. The van der Waals surface area contributed by atoms with Crippen LogP contribution in [0.1, 0.15) is 11.1 Å². The van der Waals surface area contributed by atoms with Crippen LogP contribution in [0.25, 0.3) is 6.08 Å². The second-order valence-corrected chi connectivity index (χ2v) is 9.23. The molecule has 0 radical (unpaired) electrons. The predicted molar refractivity (Wildman–Crippen MR) is 135 cm³/mol. The molecule has 178 valence electrons. The Balaban J connectivity index is 1.39. The van der Waals surface area contributed by atoms with Crippen LogP contribution >= 0.6 is 35.0 Å². The number of anilines is 1. The predicted octanol–water partition coefficient (Wildman–Crippen LogP) is 6.39. The summed E-state index contributed by atoms with van der Waals surface area (Å²) in [5.41, 5.74) is 1.39. The Bertz CT molecular complexity index is 1330. The van der Waals surface area contributed by atoms with Crippen LogP contribution in [-0.2, 0) is 16.1 Å². The molecule has 1 aliphatic heterocycles. The molecule has 35 heavy (non-hydrogen) atoms. The first-order valence-electron chi connectivity index (χ1n) is 10.3. The molecule has 0 aromatic heterocycles. The quantitative estimate of drug-likeness (QED) is 0.358. The lowest BCUT2D eigenvalue weighted by atomic mass is 10.2. The SMILES string of the molecule is O=C(COc1ccc(/C=C2\SC(=O)N(Cc3ccccc3F)C2=O)cc1Cl)Nc1ccc(Cl)cc1. The summed E-state index contributed by atoms with van der Waals surface area (Å²) >= 11 is 12.9. The number of hydrogen-bond acceptors (Lipinski definition) is 5. The molecular formula is C25H17Cl2FN2O4S. The van der Waals surface area contributed by atoms with Crippen LogP contribution in [0.15, 0.2) is 71.6 Å². The molecule has 3 amide bonds. The van der Waals surface area contributed by atoms with Crippen LogP contribution in [0.5, 0.6) is 5.75 Å². The number of thioether (sulfide) groups is 1. The number of ether oxygens (including phenoxy) is 1. The third-order valence-corrected chi connectivity index (χ3v) is 6.36. The Kier molecular flexibility index (Phi) is 7.75. The highest BCUT2D eigenvalue weighted by Crippen LogP contribution is 2.35. The van der Waals surface area contributed by atoms with Gasteiger partial charge in [0.2, 0.25) is 0 Å². The van der Waals surface area contributed by atoms with Crippen molar-refractivity contribution in [2.75, 3.05) is 11.9 Å². The van der Waals surface area contributed by atoms with Crippen LogP contribution < -0.4 is 10.1 Å². The number of rotatable bonds is 7. The Labute approximate surface area is 214 Å². The van der Waals surface area contributed by atoms with Gasteiger partial charge in [-0.1, -0.05) is 47.5 Å². The second kappa shape index (κ2) is 10.9. The maximum Gasteiger partial charge on any atom is 0.293 e. The van der Waals surface area contributed by atoms with Gasteiger partial charge in [-0.25, -0.2) is 4.39 Å². The molecule has 1 heterocycles. The minimum atomic E-state index is -0.515. The second-order valence-electron chi connectivity index (χ2n) is 7.39. The van der Waals surface area contributed by atoms with E-state index in [1.54, 1.807) is 48.5 Å². The van der Waals surface area contributed by atoms with E-state index in [1.165, 1.54) is 24.3 Å². The van der Waals surface area contributed by atoms with E-state index >= 15 is 0 Å². The largest absolute Gasteiger partial charge is 0.482 e. The maximum absolute atomic E-state index is 13.9. The molecule has 4 rings (SSSR count). The topological polar surface area (TPSA) is 75.7 Å². The van der Waals surface area contributed by atoms with E-state index in [1.807, 2.05) is 0 Å². The van der Waals surface area contributed by atoms with Crippen molar-refractivity contribution in [2.45, 2.75) is 6.54 Å². The van der Waals surface area contributed by atoms with Crippen molar-refractivity contribution in [3.05, 3.63) is 98.6 Å². The zero-order chi connectivity index (χ0) is 24.9. The van der Waals surface area contributed by atoms with Gasteiger partial charge in [0.25, 0.3) is 17.1 Å². The number of carbonyl (C=O) groups is 3. The van der Waals surface area contributed by atoms with E-state index in [0.29, 0.717) is 16.3 Å². The van der Waals surface area contributed by atoms with E-state index in [9.17, 15) is 18.8 Å². The van der Waals surface area contributed by atoms with E-state index < -0.39 is 17.0 Å². The van der Waals surface area contributed by atoms with Crippen molar-refractivity contribution < 1.29 is 23.5 Å². The molecule has 1 N–H and O–H groups in total. The van der Waals surface area contributed by atoms with Crippen LogP contribution in [0.2, 0.25) is 10.0 Å². The van der Waals surface area contributed by atoms with Crippen LogP contribution in [-0.4, -0.2) is 28.6 Å². The third-order valence-electron chi connectivity index (χ3n) is 4.90. The highest BCUT2D eigenvalue weighted by molar-refractivity contribution is 8.18. The Hall–Kier alpha value is -3.33. The van der Waals surface area contributed by atoms with Crippen molar-refractivity contribution in [3.63, 3.8) is 0 Å². The number of nitrogens with one attached hydrogen (secondary N) is 1. The van der Waals surface area contributed by atoms with Gasteiger partial charge in [-0.05, 0) is 65.9 Å². The molecule has 3 aromatic rings. The monoisotopic (exact) mass is 530 g/mol. The first kappa shape index (κ1) is 24.8. The molecule has 0 unspecified atom stereocenters. The molecule has 0 aliphatic carbocycles. The van der Waals surface area contributed by atoms with Gasteiger partial charge in [0.1, 0.15) is 11.6 Å². The van der Waals surface area contributed by atoms with Crippen LogP contribution in [0, 0.1) is 5.82 Å².